The normalized spacial score (nSPS) is 11.0. The molecule has 2 aromatic rings. The minimum Gasteiger partial charge on any atom is -0.342 e. The molecule has 1 aromatic carbocycles. The number of imidazole rings is 1. The summed E-state index contributed by atoms with van der Waals surface area (Å²) in [5.74, 6) is 0.951. The van der Waals surface area contributed by atoms with Crippen LogP contribution in [0.25, 0.3) is 11.0 Å². The van der Waals surface area contributed by atoms with Gasteiger partial charge in [-0.2, -0.15) is 0 Å². The van der Waals surface area contributed by atoms with E-state index in [0.29, 0.717) is 23.9 Å². The van der Waals surface area contributed by atoms with E-state index in [9.17, 15) is 4.79 Å². The Labute approximate surface area is 128 Å². The highest BCUT2D eigenvalue weighted by Crippen LogP contribution is 2.25. The molecular weight excluding hydrogens is 297 g/mol. The van der Waals surface area contributed by atoms with E-state index in [0.717, 1.165) is 11.0 Å². The summed E-state index contributed by atoms with van der Waals surface area (Å²) in [5.41, 5.74) is 1.53. The first-order chi connectivity index (χ1) is 9.62. The van der Waals surface area contributed by atoms with Crippen molar-refractivity contribution in [2.75, 3.05) is 13.1 Å². The predicted molar refractivity (Wildman–Crippen MR) is 82.2 cm³/mol. The van der Waals surface area contributed by atoms with Gasteiger partial charge in [-0.25, -0.2) is 4.98 Å². The van der Waals surface area contributed by atoms with Gasteiger partial charge in [0.25, 0.3) is 0 Å². The van der Waals surface area contributed by atoms with Gasteiger partial charge in [0.15, 0.2) is 0 Å². The molecule has 6 heteroatoms. The van der Waals surface area contributed by atoms with Crippen LogP contribution >= 0.6 is 23.2 Å². The lowest BCUT2D eigenvalue weighted by atomic mass is 10.3. The molecule has 1 heterocycles. The summed E-state index contributed by atoms with van der Waals surface area (Å²) in [6, 6.07) is 5.50. The maximum Gasteiger partial charge on any atom is 0.242 e. The average Bonchev–Trinajstić information content (AvgIpc) is 2.79. The second-order valence-corrected chi connectivity index (χ2v) is 5.10. The van der Waals surface area contributed by atoms with Gasteiger partial charge in [0.05, 0.1) is 21.9 Å². The fourth-order valence-electron chi connectivity index (χ4n) is 2.27. The van der Waals surface area contributed by atoms with Crippen LogP contribution in [0.1, 0.15) is 19.7 Å². The van der Waals surface area contributed by atoms with Gasteiger partial charge in [-0.3, -0.25) is 4.79 Å². The molecule has 0 aliphatic rings. The van der Waals surface area contributed by atoms with Crippen molar-refractivity contribution < 1.29 is 4.79 Å². The third kappa shape index (κ3) is 2.76. The number of likely N-dealkylation sites (N-methyl/N-ethyl adjacent to an activating group) is 1. The quantitative estimate of drug-likeness (QED) is 0.794. The number of rotatable bonds is 5. The number of aromatic nitrogens is 2. The largest absolute Gasteiger partial charge is 0.342 e. The van der Waals surface area contributed by atoms with Crippen molar-refractivity contribution in [2.24, 2.45) is 0 Å². The van der Waals surface area contributed by atoms with E-state index in [1.165, 1.54) is 0 Å². The zero-order valence-corrected chi connectivity index (χ0v) is 13.1. The molecule has 0 saturated carbocycles. The third-order valence-electron chi connectivity index (χ3n) is 3.33. The summed E-state index contributed by atoms with van der Waals surface area (Å²) < 4.78 is 1.81. The Morgan fingerprint density at radius 3 is 2.65 bits per heavy atom. The minimum atomic E-state index is 0.0422. The maximum absolute atomic E-state index is 12.3. The van der Waals surface area contributed by atoms with Crippen molar-refractivity contribution in [1.82, 2.24) is 14.5 Å². The van der Waals surface area contributed by atoms with Crippen molar-refractivity contribution in [3.05, 3.63) is 29.0 Å². The molecule has 0 unspecified atom stereocenters. The molecule has 0 atom stereocenters. The Bertz CT molecular complexity index is 620. The molecule has 0 N–H and O–H groups in total. The van der Waals surface area contributed by atoms with E-state index >= 15 is 0 Å². The van der Waals surface area contributed by atoms with Gasteiger partial charge in [-0.15, -0.1) is 11.6 Å². The highest BCUT2D eigenvalue weighted by atomic mass is 35.5. The van der Waals surface area contributed by atoms with Crippen LogP contribution in [0, 0.1) is 0 Å². The molecule has 0 bridgehead atoms. The molecule has 0 radical (unpaired) electrons. The Hall–Kier alpha value is -1.26. The van der Waals surface area contributed by atoms with E-state index in [1.807, 2.05) is 30.5 Å². The number of amides is 1. The minimum absolute atomic E-state index is 0.0422. The molecular formula is C14H17Cl2N3O. The molecule has 0 saturated heterocycles. The molecule has 108 valence electrons. The number of alkyl halides is 1. The number of fused-ring (bicyclic) bond motifs is 1. The number of carbonyl (C=O) groups is 1. The van der Waals surface area contributed by atoms with Crippen LogP contribution in [-0.2, 0) is 17.2 Å². The average molecular weight is 314 g/mol. The summed E-state index contributed by atoms with van der Waals surface area (Å²) in [4.78, 5) is 18.5. The van der Waals surface area contributed by atoms with Gasteiger partial charge in [-0.05, 0) is 26.0 Å². The van der Waals surface area contributed by atoms with E-state index < -0.39 is 0 Å². The number of benzene rings is 1. The first-order valence-corrected chi connectivity index (χ1v) is 7.50. The van der Waals surface area contributed by atoms with Crippen molar-refractivity contribution >= 4 is 40.1 Å². The highest BCUT2D eigenvalue weighted by molar-refractivity contribution is 6.35. The van der Waals surface area contributed by atoms with Gasteiger partial charge in [0, 0.05) is 13.1 Å². The van der Waals surface area contributed by atoms with Gasteiger partial charge >= 0.3 is 0 Å². The van der Waals surface area contributed by atoms with Crippen molar-refractivity contribution in [3.63, 3.8) is 0 Å². The molecule has 1 aromatic heterocycles. The molecule has 0 fully saturated rings. The van der Waals surface area contributed by atoms with Gasteiger partial charge < -0.3 is 9.47 Å². The Morgan fingerprint density at radius 2 is 2.05 bits per heavy atom. The van der Waals surface area contributed by atoms with Crippen LogP contribution < -0.4 is 0 Å². The molecule has 0 aliphatic heterocycles. The van der Waals surface area contributed by atoms with Gasteiger partial charge in [-0.1, -0.05) is 17.7 Å². The lowest BCUT2D eigenvalue weighted by Gasteiger charge is -2.19. The summed E-state index contributed by atoms with van der Waals surface area (Å²) in [6.07, 6.45) is 0. The van der Waals surface area contributed by atoms with Crippen LogP contribution in [-0.4, -0.2) is 33.4 Å². The predicted octanol–water partition coefficient (Wildman–Crippen LogP) is 3.30. The lowest BCUT2D eigenvalue weighted by molar-refractivity contribution is -0.131. The highest BCUT2D eigenvalue weighted by Gasteiger charge is 2.17. The van der Waals surface area contributed by atoms with Gasteiger partial charge in [0.1, 0.15) is 12.4 Å². The molecule has 2 rings (SSSR count). The molecule has 0 spiro atoms. The standard InChI is InChI=1S/C14H17Cl2N3O/c1-3-18(4-2)13(20)9-19-12(8-15)17-11-7-5-6-10(16)14(11)19/h5-7H,3-4,8-9H2,1-2H3. The third-order valence-corrected chi connectivity index (χ3v) is 3.87. The molecule has 1 amide bonds. The number of halogens is 2. The number of hydrogen-bond donors (Lipinski definition) is 0. The van der Waals surface area contributed by atoms with E-state index in [1.54, 1.807) is 11.0 Å². The summed E-state index contributed by atoms with van der Waals surface area (Å²) in [5, 5.41) is 0.582. The number of para-hydroxylation sites is 1. The van der Waals surface area contributed by atoms with Crippen LogP contribution in [0.4, 0.5) is 0 Å². The second-order valence-electron chi connectivity index (χ2n) is 4.42. The van der Waals surface area contributed by atoms with E-state index in [4.69, 9.17) is 23.2 Å². The van der Waals surface area contributed by atoms with E-state index in [2.05, 4.69) is 4.98 Å². The smallest absolute Gasteiger partial charge is 0.242 e. The van der Waals surface area contributed by atoms with E-state index in [-0.39, 0.29) is 18.3 Å². The summed E-state index contributed by atoms with van der Waals surface area (Å²) in [6.45, 7) is 5.51. The van der Waals surface area contributed by atoms with Crippen LogP contribution in [0.15, 0.2) is 18.2 Å². The van der Waals surface area contributed by atoms with Crippen LogP contribution in [0.5, 0.6) is 0 Å². The molecule has 20 heavy (non-hydrogen) atoms. The van der Waals surface area contributed by atoms with Crippen molar-refractivity contribution in [1.29, 1.82) is 0 Å². The molecule has 0 aliphatic carbocycles. The van der Waals surface area contributed by atoms with Crippen LogP contribution in [0.3, 0.4) is 0 Å². The lowest BCUT2D eigenvalue weighted by Crippen LogP contribution is -2.33. The summed E-state index contributed by atoms with van der Waals surface area (Å²) in [7, 11) is 0. The SMILES string of the molecule is CCN(CC)C(=O)Cn1c(CCl)nc2cccc(Cl)c21. The zero-order chi connectivity index (χ0) is 14.7. The first-order valence-electron chi connectivity index (χ1n) is 6.59. The zero-order valence-electron chi connectivity index (χ0n) is 11.6. The first kappa shape index (κ1) is 15.1. The maximum atomic E-state index is 12.3. The topological polar surface area (TPSA) is 38.1 Å². The number of carbonyl (C=O) groups excluding carboxylic acids is 1. The van der Waals surface area contributed by atoms with Crippen molar-refractivity contribution in [2.45, 2.75) is 26.3 Å². The van der Waals surface area contributed by atoms with Crippen molar-refractivity contribution in [3.8, 4) is 0 Å². The van der Waals surface area contributed by atoms with Crippen LogP contribution in [0.2, 0.25) is 5.02 Å². The monoisotopic (exact) mass is 313 g/mol. The fraction of sp³-hybridized carbons (Fsp3) is 0.429. The Balaban J connectivity index is 2.45. The molecule has 4 nitrogen and oxygen atoms in total. The van der Waals surface area contributed by atoms with Gasteiger partial charge in [0.2, 0.25) is 5.91 Å². The fourth-order valence-corrected chi connectivity index (χ4v) is 2.75. The number of nitrogens with zero attached hydrogens (tertiary/aromatic N) is 3. The Kier molecular flexibility index (Phi) is 4.89. The Morgan fingerprint density at radius 1 is 1.35 bits per heavy atom. The summed E-state index contributed by atoms with van der Waals surface area (Å²) >= 11 is 12.2. The second kappa shape index (κ2) is 6.46. The number of hydrogen-bond acceptors (Lipinski definition) is 2.